The zero-order valence-electron chi connectivity index (χ0n) is 13.0. The van der Waals surface area contributed by atoms with Crippen molar-refractivity contribution in [2.45, 2.75) is 12.8 Å². The summed E-state index contributed by atoms with van der Waals surface area (Å²) in [5.74, 6) is 1.70. The molecule has 8 heteroatoms. The second kappa shape index (κ2) is 9.93. The summed E-state index contributed by atoms with van der Waals surface area (Å²) >= 11 is 0. The van der Waals surface area contributed by atoms with E-state index in [9.17, 15) is 4.79 Å². The first-order chi connectivity index (χ1) is 10.3. The number of carbonyl (C=O) groups excluding carboxylic acids is 1. The van der Waals surface area contributed by atoms with Gasteiger partial charge in [0.2, 0.25) is 5.91 Å². The average Bonchev–Trinajstić information content (AvgIpc) is 3.33. The van der Waals surface area contributed by atoms with Gasteiger partial charge >= 0.3 is 0 Å². The quantitative estimate of drug-likeness (QED) is 0.806. The normalized spacial score (nSPS) is 17.0. The summed E-state index contributed by atoms with van der Waals surface area (Å²) in [4.78, 5) is 18.4. The number of nitrogens with one attached hydrogen (secondary N) is 2. The number of amides is 1. The van der Waals surface area contributed by atoms with Crippen molar-refractivity contribution in [3.05, 3.63) is 18.3 Å². The van der Waals surface area contributed by atoms with Gasteiger partial charge in [-0.25, -0.2) is 4.98 Å². The van der Waals surface area contributed by atoms with Gasteiger partial charge in [-0.2, -0.15) is 0 Å². The Bertz CT molecular complexity index is 477. The fourth-order valence-corrected chi connectivity index (χ4v) is 2.36. The lowest BCUT2D eigenvalue weighted by atomic mass is 10.3. The Morgan fingerprint density at radius 3 is 2.61 bits per heavy atom. The molecule has 1 aliphatic heterocycles. The molecule has 0 bridgehead atoms. The highest BCUT2D eigenvalue weighted by Crippen LogP contribution is 2.27. The number of nitrogens with zero attached hydrogens (tertiary/aromatic N) is 2. The Morgan fingerprint density at radius 2 is 2.00 bits per heavy atom. The number of morpholine rings is 1. The van der Waals surface area contributed by atoms with E-state index >= 15 is 0 Å². The maximum absolute atomic E-state index is 11.8. The van der Waals surface area contributed by atoms with E-state index in [-0.39, 0.29) is 30.7 Å². The second-order valence-electron chi connectivity index (χ2n) is 5.63. The van der Waals surface area contributed by atoms with Gasteiger partial charge in [0.1, 0.15) is 5.82 Å². The lowest BCUT2D eigenvalue weighted by Gasteiger charge is -2.27. The SMILES string of the molecule is Cl.Cl.O=C(CNCC1CC1)Nc1ccc(N2CCOCC2)nc1. The van der Waals surface area contributed by atoms with Gasteiger partial charge in [-0.1, -0.05) is 0 Å². The molecule has 2 fully saturated rings. The molecule has 2 N–H and O–H groups in total. The molecule has 3 rings (SSSR count). The number of hydrogen-bond donors (Lipinski definition) is 2. The molecule has 130 valence electrons. The molecule has 2 aliphatic rings. The molecule has 1 saturated heterocycles. The smallest absolute Gasteiger partial charge is 0.238 e. The highest BCUT2D eigenvalue weighted by atomic mass is 35.5. The van der Waals surface area contributed by atoms with E-state index in [2.05, 4.69) is 20.5 Å². The number of carbonyl (C=O) groups is 1. The highest BCUT2D eigenvalue weighted by Gasteiger charge is 2.20. The van der Waals surface area contributed by atoms with Crippen molar-refractivity contribution >= 4 is 42.2 Å². The van der Waals surface area contributed by atoms with Crippen molar-refractivity contribution in [3.8, 4) is 0 Å². The number of rotatable bonds is 6. The first-order valence-corrected chi connectivity index (χ1v) is 7.60. The van der Waals surface area contributed by atoms with Gasteiger partial charge in [-0.3, -0.25) is 4.79 Å². The van der Waals surface area contributed by atoms with Crippen LogP contribution >= 0.6 is 24.8 Å². The van der Waals surface area contributed by atoms with E-state index in [0.29, 0.717) is 6.54 Å². The predicted octanol–water partition coefficient (Wildman–Crippen LogP) is 1.70. The first kappa shape index (κ1) is 20.0. The van der Waals surface area contributed by atoms with E-state index in [0.717, 1.165) is 50.3 Å². The summed E-state index contributed by atoms with van der Waals surface area (Å²) < 4.78 is 5.32. The largest absolute Gasteiger partial charge is 0.378 e. The number of aromatic nitrogens is 1. The Hall–Kier alpha value is -1.08. The second-order valence-corrected chi connectivity index (χ2v) is 5.63. The number of anilines is 2. The van der Waals surface area contributed by atoms with Crippen molar-refractivity contribution in [1.29, 1.82) is 0 Å². The molecule has 1 aliphatic carbocycles. The fourth-order valence-electron chi connectivity index (χ4n) is 2.36. The maximum Gasteiger partial charge on any atom is 0.238 e. The van der Waals surface area contributed by atoms with Crippen LogP contribution in [0.25, 0.3) is 0 Å². The van der Waals surface area contributed by atoms with E-state index in [4.69, 9.17) is 4.74 Å². The van der Waals surface area contributed by atoms with Crippen molar-refractivity contribution in [1.82, 2.24) is 10.3 Å². The molecule has 0 atom stereocenters. The molecule has 2 heterocycles. The zero-order valence-corrected chi connectivity index (χ0v) is 14.6. The van der Waals surface area contributed by atoms with Gasteiger partial charge in [-0.15, -0.1) is 24.8 Å². The zero-order chi connectivity index (χ0) is 14.5. The molecule has 6 nitrogen and oxygen atoms in total. The minimum atomic E-state index is -0.0171. The summed E-state index contributed by atoms with van der Waals surface area (Å²) in [7, 11) is 0. The number of halogens is 2. The molecule has 1 aromatic heterocycles. The van der Waals surface area contributed by atoms with Gasteiger partial charge in [0.05, 0.1) is 31.6 Å². The Balaban J connectivity index is 0.00000132. The van der Waals surface area contributed by atoms with Crippen LogP contribution < -0.4 is 15.5 Å². The monoisotopic (exact) mass is 362 g/mol. The van der Waals surface area contributed by atoms with Crippen LogP contribution in [-0.4, -0.2) is 50.3 Å². The van der Waals surface area contributed by atoms with Gasteiger partial charge in [-0.05, 0) is 37.4 Å². The van der Waals surface area contributed by atoms with Gasteiger partial charge in [0.15, 0.2) is 0 Å². The average molecular weight is 363 g/mol. The Labute approximate surface area is 149 Å². The molecular weight excluding hydrogens is 339 g/mol. The molecule has 0 spiro atoms. The van der Waals surface area contributed by atoms with Crippen molar-refractivity contribution < 1.29 is 9.53 Å². The van der Waals surface area contributed by atoms with Crippen LogP contribution in [0.15, 0.2) is 18.3 Å². The maximum atomic E-state index is 11.8. The van der Waals surface area contributed by atoms with Crippen molar-refractivity contribution in [3.63, 3.8) is 0 Å². The molecule has 0 aromatic carbocycles. The van der Waals surface area contributed by atoms with Gasteiger partial charge in [0, 0.05) is 13.1 Å². The molecule has 1 amide bonds. The summed E-state index contributed by atoms with van der Waals surface area (Å²) in [5, 5.41) is 6.03. The first-order valence-electron chi connectivity index (χ1n) is 7.60. The lowest BCUT2D eigenvalue weighted by molar-refractivity contribution is -0.115. The molecule has 0 radical (unpaired) electrons. The topological polar surface area (TPSA) is 66.5 Å². The number of pyridine rings is 1. The van der Waals surface area contributed by atoms with Crippen LogP contribution in [0.1, 0.15) is 12.8 Å². The number of hydrogen-bond acceptors (Lipinski definition) is 5. The standard InChI is InChI=1S/C15H22N4O2.2ClH/c20-15(11-16-9-12-1-2-12)18-13-3-4-14(17-10-13)19-5-7-21-8-6-19;;/h3-4,10,12,16H,1-2,5-9,11H2,(H,18,20);2*1H. The van der Waals surface area contributed by atoms with Crippen LogP contribution in [0.3, 0.4) is 0 Å². The van der Waals surface area contributed by atoms with E-state index in [1.807, 2.05) is 12.1 Å². The lowest BCUT2D eigenvalue weighted by Crippen LogP contribution is -2.36. The third kappa shape index (κ3) is 6.51. The Kier molecular flexibility index (Phi) is 8.62. The van der Waals surface area contributed by atoms with Crippen LogP contribution in [0.4, 0.5) is 11.5 Å². The van der Waals surface area contributed by atoms with E-state index < -0.39 is 0 Å². The van der Waals surface area contributed by atoms with Gasteiger partial charge in [0.25, 0.3) is 0 Å². The van der Waals surface area contributed by atoms with Gasteiger partial charge < -0.3 is 20.3 Å². The van der Waals surface area contributed by atoms with Crippen LogP contribution in [0, 0.1) is 5.92 Å². The minimum absolute atomic E-state index is 0. The van der Waals surface area contributed by atoms with E-state index in [1.165, 1.54) is 12.8 Å². The minimum Gasteiger partial charge on any atom is -0.378 e. The van der Waals surface area contributed by atoms with Crippen LogP contribution in [0.5, 0.6) is 0 Å². The highest BCUT2D eigenvalue weighted by molar-refractivity contribution is 5.92. The predicted molar refractivity (Wildman–Crippen MR) is 96.0 cm³/mol. The molecule has 23 heavy (non-hydrogen) atoms. The van der Waals surface area contributed by atoms with Crippen molar-refractivity contribution in [2.75, 3.05) is 49.6 Å². The molecule has 1 saturated carbocycles. The summed E-state index contributed by atoms with van der Waals surface area (Å²) in [6, 6.07) is 3.84. The van der Waals surface area contributed by atoms with E-state index in [1.54, 1.807) is 6.20 Å². The van der Waals surface area contributed by atoms with Crippen LogP contribution in [0.2, 0.25) is 0 Å². The molecule has 1 aromatic rings. The summed E-state index contributed by atoms with van der Waals surface area (Å²) in [6.45, 7) is 4.52. The third-order valence-electron chi connectivity index (χ3n) is 3.78. The third-order valence-corrected chi connectivity index (χ3v) is 3.78. The van der Waals surface area contributed by atoms with Crippen LogP contribution in [-0.2, 0) is 9.53 Å². The molecule has 0 unspecified atom stereocenters. The van der Waals surface area contributed by atoms with Crippen molar-refractivity contribution in [2.24, 2.45) is 5.92 Å². The summed E-state index contributed by atoms with van der Waals surface area (Å²) in [6.07, 6.45) is 4.30. The number of ether oxygens (including phenoxy) is 1. The Morgan fingerprint density at radius 1 is 1.26 bits per heavy atom. The molecular formula is C15H24Cl2N4O2. The fraction of sp³-hybridized carbons (Fsp3) is 0.600. The summed E-state index contributed by atoms with van der Waals surface area (Å²) in [5.41, 5.74) is 0.741.